The van der Waals surface area contributed by atoms with Crippen molar-refractivity contribution in [2.45, 2.75) is 13.3 Å². The second-order valence-electron chi connectivity index (χ2n) is 6.83. The Labute approximate surface area is 178 Å². The lowest BCUT2D eigenvalue weighted by atomic mass is 9.99. The lowest BCUT2D eigenvalue weighted by Gasteiger charge is -2.29. The molecule has 1 aromatic carbocycles. The molecule has 1 aromatic heterocycles. The van der Waals surface area contributed by atoms with Crippen LogP contribution in [-0.2, 0) is 7.05 Å². The number of amides is 1. The molecule has 1 amide bonds. The van der Waals surface area contributed by atoms with Crippen molar-refractivity contribution in [2.75, 3.05) is 25.5 Å². The Morgan fingerprint density at radius 2 is 2.00 bits per heavy atom. The molecule has 0 spiro atoms. The molecule has 0 bridgehead atoms. The van der Waals surface area contributed by atoms with E-state index in [0.29, 0.717) is 6.54 Å². The predicted octanol–water partition coefficient (Wildman–Crippen LogP) is 3.34. The van der Waals surface area contributed by atoms with E-state index in [0.717, 1.165) is 36.4 Å². The first-order valence-corrected chi connectivity index (χ1v) is 9.73. The Hall–Kier alpha value is -2.85. The molecule has 3 rings (SSSR count). The molecule has 0 unspecified atom stereocenters. The average molecular weight is 436 g/mol. The van der Waals surface area contributed by atoms with Crippen LogP contribution in [0.3, 0.4) is 0 Å². The predicted molar refractivity (Wildman–Crippen MR) is 114 cm³/mol. The number of hydrazine groups is 1. The van der Waals surface area contributed by atoms with Crippen LogP contribution < -0.4 is 15.5 Å². The largest absolute Gasteiger partial charge is 0.497 e. The molecule has 0 aliphatic carbocycles. The molecule has 2 N–H and O–H groups in total. The molecule has 0 saturated carbocycles. The fraction of sp³-hybridized carbons (Fsp3) is 0.300. The zero-order valence-corrected chi connectivity index (χ0v) is 17.8. The highest BCUT2D eigenvalue weighted by atomic mass is 32.1. The standard InChI is InChI=1S/C20H23F2N5O2S/c1-12-4-6-27(23-5-7-30)11-14(12)18-10-17(25-26(18)2)20(28)24-19-15(21)8-13(29-3)9-16(19)22/h5,7-10,23,30H,4,6,11H2,1-3H3,(H,24,28)/b7-5-. The summed E-state index contributed by atoms with van der Waals surface area (Å²) >= 11 is 4.04. The Morgan fingerprint density at radius 1 is 1.30 bits per heavy atom. The molecule has 2 aromatic rings. The van der Waals surface area contributed by atoms with Gasteiger partial charge in [0, 0.05) is 38.5 Å². The minimum absolute atomic E-state index is 0.0220. The number of hydrogen-bond acceptors (Lipinski definition) is 6. The fourth-order valence-corrected chi connectivity index (χ4v) is 3.30. The van der Waals surface area contributed by atoms with Gasteiger partial charge in [-0.15, -0.1) is 12.6 Å². The quantitative estimate of drug-likeness (QED) is 0.607. The molecular formula is C20H23F2N5O2S. The molecule has 1 aliphatic heterocycles. The summed E-state index contributed by atoms with van der Waals surface area (Å²) in [5, 5.41) is 10.1. The maximum Gasteiger partial charge on any atom is 0.276 e. The number of anilines is 1. The Morgan fingerprint density at radius 3 is 2.63 bits per heavy atom. The highest BCUT2D eigenvalue weighted by molar-refractivity contribution is 7.83. The van der Waals surface area contributed by atoms with Gasteiger partial charge >= 0.3 is 0 Å². The van der Waals surface area contributed by atoms with Gasteiger partial charge in [0.25, 0.3) is 5.91 Å². The van der Waals surface area contributed by atoms with E-state index in [1.807, 2.05) is 11.9 Å². The molecule has 0 fully saturated rings. The van der Waals surface area contributed by atoms with Crippen LogP contribution in [0, 0.1) is 11.6 Å². The van der Waals surface area contributed by atoms with E-state index in [1.54, 1.807) is 29.4 Å². The van der Waals surface area contributed by atoms with Crippen LogP contribution >= 0.6 is 12.6 Å². The zero-order chi connectivity index (χ0) is 21.8. The van der Waals surface area contributed by atoms with Crippen molar-refractivity contribution >= 4 is 29.8 Å². The SMILES string of the molecule is COc1cc(F)c(NC(=O)c2cc(C3=C(C)CCN(N/C=C\S)C3)n(C)n2)c(F)c1. The Bertz CT molecular complexity index is 996. The van der Waals surface area contributed by atoms with E-state index in [4.69, 9.17) is 4.74 Å². The topological polar surface area (TPSA) is 71.4 Å². The van der Waals surface area contributed by atoms with Gasteiger partial charge in [0.15, 0.2) is 17.3 Å². The molecule has 0 radical (unpaired) electrons. The number of aromatic nitrogens is 2. The minimum atomic E-state index is -0.929. The van der Waals surface area contributed by atoms with Gasteiger partial charge in [-0.05, 0) is 30.4 Å². The summed E-state index contributed by atoms with van der Waals surface area (Å²) in [6, 6.07) is 3.62. The van der Waals surface area contributed by atoms with Crippen molar-refractivity contribution in [1.82, 2.24) is 20.2 Å². The van der Waals surface area contributed by atoms with Crippen LogP contribution in [0.15, 0.2) is 35.4 Å². The average Bonchev–Trinajstić information content (AvgIpc) is 3.11. The summed E-state index contributed by atoms with van der Waals surface area (Å²) in [6.45, 7) is 3.47. The summed E-state index contributed by atoms with van der Waals surface area (Å²) in [7, 11) is 3.02. The molecule has 7 nitrogen and oxygen atoms in total. The van der Waals surface area contributed by atoms with Crippen molar-refractivity contribution in [2.24, 2.45) is 7.05 Å². The van der Waals surface area contributed by atoms with Crippen LogP contribution in [0.4, 0.5) is 14.5 Å². The zero-order valence-electron chi connectivity index (χ0n) is 16.9. The van der Waals surface area contributed by atoms with Gasteiger partial charge in [-0.2, -0.15) is 5.10 Å². The third kappa shape index (κ3) is 4.65. The number of nitrogens with one attached hydrogen (secondary N) is 2. The maximum absolute atomic E-state index is 14.2. The van der Waals surface area contributed by atoms with Gasteiger partial charge in [0.2, 0.25) is 0 Å². The first-order valence-electron chi connectivity index (χ1n) is 9.21. The summed E-state index contributed by atoms with van der Waals surface area (Å²) in [5.74, 6) is -2.54. The smallest absolute Gasteiger partial charge is 0.276 e. The van der Waals surface area contributed by atoms with Crippen molar-refractivity contribution in [3.63, 3.8) is 0 Å². The van der Waals surface area contributed by atoms with Crippen molar-refractivity contribution in [3.8, 4) is 5.75 Å². The number of ether oxygens (including phenoxy) is 1. The second-order valence-corrected chi connectivity index (χ2v) is 7.13. The van der Waals surface area contributed by atoms with E-state index in [1.165, 1.54) is 12.7 Å². The van der Waals surface area contributed by atoms with Crippen LogP contribution in [0.2, 0.25) is 0 Å². The highest BCUT2D eigenvalue weighted by Gasteiger charge is 2.23. The summed E-state index contributed by atoms with van der Waals surface area (Å²) < 4.78 is 34.7. The van der Waals surface area contributed by atoms with Gasteiger partial charge in [-0.3, -0.25) is 9.48 Å². The number of rotatable bonds is 6. The number of nitrogens with zero attached hydrogens (tertiary/aromatic N) is 3. The third-order valence-corrected chi connectivity index (χ3v) is 5.01. The highest BCUT2D eigenvalue weighted by Crippen LogP contribution is 2.28. The molecule has 0 saturated heterocycles. The molecule has 30 heavy (non-hydrogen) atoms. The van der Waals surface area contributed by atoms with Crippen LogP contribution in [0.5, 0.6) is 5.75 Å². The van der Waals surface area contributed by atoms with Gasteiger partial charge in [-0.25, -0.2) is 13.8 Å². The molecule has 2 heterocycles. The number of aryl methyl sites for hydroxylation is 1. The lowest BCUT2D eigenvalue weighted by Crippen LogP contribution is -2.39. The fourth-order valence-electron chi connectivity index (χ4n) is 3.23. The van der Waals surface area contributed by atoms with Crippen molar-refractivity contribution in [1.29, 1.82) is 0 Å². The Balaban J connectivity index is 1.83. The van der Waals surface area contributed by atoms with Gasteiger partial charge in [0.1, 0.15) is 11.4 Å². The van der Waals surface area contributed by atoms with Crippen LogP contribution in [0.1, 0.15) is 29.5 Å². The van der Waals surface area contributed by atoms with E-state index in [2.05, 4.69) is 28.5 Å². The monoisotopic (exact) mass is 435 g/mol. The van der Waals surface area contributed by atoms with E-state index in [-0.39, 0.29) is 11.4 Å². The number of hydrogen-bond donors (Lipinski definition) is 3. The van der Waals surface area contributed by atoms with Crippen molar-refractivity contribution in [3.05, 3.63) is 58.4 Å². The van der Waals surface area contributed by atoms with E-state index in [9.17, 15) is 13.6 Å². The van der Waals surface area contributed by atoms with E-state index >= 15 is 0 Å². The number of carbonyl (C=O) groups excluding carboxylic acids is 1. The van der Waals surface area contributed by atoms with Gasteiger partial charge in [-0.1, -0.05) is 5.57 Å². The van der Waals surface area contributed by atoms with Crippen LogP contribution in [0.25, 0.3) is 5.57 Å². The molecular weight excluding hydrogens is 412 g/mol. The van der Waals surface area contributed by atoms with Gasteiger partial charge < -0.3 is 15.5 Å². The number of thiol groups is 1. The third-order valence-electron chi connectivity index (χ3n) is 4.86. The molecule has 160 valence electrons. The number of methoxy groups -OCH3 is 1. The maximum atomic E-state index is 14.2. The van der Waals surface area contributed by atoms with Crippen LogP contribution in [-0.4, -0.2) is 40.9 Å². The number of halogens is 2. The molecule has 1 aliphatic rings. The summed E-state index contributed by atoms with van der Waals surface area (Å²) in [5.41, 5.74) is 5.62. The molecule has 10 heteroatoms. The normalized spacial score (nSPS) is 15.0. The summed E-state index contributed by atoms with van der Waals surface area (Å²) in [6.07, 6.45) is 2.57. The second kappa shape index (κ2) is 9.31. The number of carbonyl (C=O) groups is 1. The van der Waals surface area contributed by atoms with E-state index < -0.39 is 23.2 Å². The minimum Gasteiger partial charge on any atom is -0.497 e. The van der Waals surface area contributed by atoms with Gasteiger partial charge in [0.05, 0.1) is 12.8 Å². The molecule has 0 atom stereocenters. The first-order chi connectivity index (χ1) is 14.3. The lowest BCUT2D eigenvalue weighted by molar-refractivity contribution is 0.102. The summed E-state index contributed by atoms with van der Waals surface area (Å²) in [4.78, 5) is 12.6. The van der Waals surface area contributed by atoms with Crippen molar-refractivity contribution < 1.29 is 18.3 Å². The Kier molecular flexibility index (Phi) is 6.78. The first kappa shape index (κ1) is 21.8. The number of benzene rings is 1.